The van der Waals surface area contributed by atoms with Crippen LogP contribution in [0.3, 0.4) is 0 Å². The van der Waals surface area contributed by atoms with Crippen molar-refractivity contribution in [3.8, 4) is 0 Å². The van der Waals surface area contributed by atoms with Crippen molar-refractivity contribution < 1.29 is 0 Å². The standard InChI is InChI=1S/C12H16N3P/c1-8(2)10-9-5-4-6-12(3,16)15-11(9)14-7-13-10/h4-8H,16H2,1-3H3. The predicted octanol–water partition coefficient (Wildman–Crippen LogP) is 1.16. The summed E-state index contributed by atoms with van der Waals surface area (Å²) in [5.74, 6) is 0.380. The second-order valence-electron chi connectivity index (χ2n) is 4.51. The average Bonchev–Trinajstić information content (AvgIpc) is 2.33. The van der Waals surface area contributed by atoms with Crippen LogP contribution in [0.15, 0.2) is 23.5 Å². The zero-order chi connectivity index (χ0) is 11.8. The highest BCUT2D eigenvalue weighted by Crippen LogP contribution is 2.20. The molecular weight excluding hydrogens is 217 g/mol. The first-order chi connectivity index (χ1) is 7.49. The molecule has 84 valence electrons. The van der Waals surface area contributed by atoms with E-state index in [1.165, 1.54) is 0 Å². The van der Waals surface area contributed by atoms with Gasteiger partial charge in [0.05, 0.1) is 11.0 Å². The third-order valence-electron chi connectivity index (χ3n) is 2.48. The van der Waals surface area contributed by atoms with Gasteiger partial charge in [0.25, 0.3) is 0 Å². The fraction of sp³-hybridized carbons (Fsp3) is 0.417. The molecule has 1 aliphatic heterocycles. The summed E-state index contributed by atoms with van der Waals surface area (Å²) in [7, 11) is 2.72. The van der Waals surface area contributed by atoms with Crippen LogP contribution in [0.2, 0.25) is 0 Å². The molecule has 0 spiro atoms. The summed E-state index contributed by atoms with van der Waals surface area (Å²) in [6.45, 7) is 6.30. The molecule has 1 aliphatic rings. The van der Waals surface area contributed by atoms with Crippen molar-refractivity contribution in [1.82, 2.24) is 9.97 Å². The van der Waals surface area contributed by atoms with Gasteiger partial charge in [-0.15, -0.1) is 9.24 Å². The summed E-state index contributed by atoms with van der Waals surface area (Å²) < 4.78 is 0. The summed E-state index contributed by atoms with van der Waals surface area (Å²) in [6, 6.07) is 0. The Hall–Kier alpha value is -1.08. The highest BCUT2D eigenvalue weighted by Gasteiger charge is 2.14. The summed E-state index contributed by atoms with van der Waals surface area (Å²) in [5.41, 5.74) is 1.84. The van der Waals surface area contributed by atoms with Gasteiger partial charge in [-0.1, -0.05) is 26.0 Å². The van der Waals surface area contributed by atoms with Gasteiger partial charge in [0, 0.05) is 5.22 Å². The Kier molecular flexibility index (Phi) is 2.90. The van der Waals surface area contributed by atoms with E-state index in [9.17, 15) is 0 Å². The summed E-state index contributed by atoms with van der Waals surface area (Å²) in [4.78, 5) is 13.2. The second kappa shape index (κ2) is 4.06. The van der Waals surface area contributed by atoms with E-state index >= 15 is 0 Å². The molecule has 0 amide bonds. The van der Waals surface area contributed by atoms with E-state index in [-0.39, 0.29) is 5.28 Å². The number of allylic oxidation sites excluding steroid dienone is 1. The highest BCUT2D eigenvalue weighted by molar-refractivity contribution is 7.19. The molecule has 1 aromatic rings. The van der Waals surface area contributed by atoms with Gasteiger partial charge in [-0.3, -0.25) is 4.99 Å². The number of nitrogens with zero attached hydrogens (tertiary/aromatic N) is 3. The van der Waals surface area contributed by atoms with Crippen molar-refractivity contribution >= 4 is 15.3 Å². The Labute approximate surface area is 97.6 Å². The fourth-order valence-corrected chi connectivity index (χ4v) is 1.95. The molecule has 0 aromatic carbocycles. The second-order valence-corrected chi connectivity index (χ2v) is 5.68. The maximum absolute atomic E-state index is 4.61. The lowest BCUT2D eigenvalue weighted by Gasteiger charge is -2.11. The van der Waals surface area contributed by atoms with Crippen molar-refractivity contribution in [1.29, 1.82) is 0 Å². The van der Waals surface area contributed by atoms with E-state index in [1.54, 1.807) is 6.33 Å². The van der Waals surface area contributed by atoms with Crippen LogP contribution in [0.25, 0.3) is 6.08 Å². The number of aromatic nitrogens is 2. The molecule has 1 aromatic heterocycles. The lowest BCUT2D eigenvalue weighted by Crippen LogP contribution is -2.35. The molecular formula is C12H16N3P. The number of fused-ring (bicyclic) bond motifs is 1. The van der Waals surface area contributed by atoms with Gasteiger partial charge in [-0.25, -0.2) is 9.97 Å². The first-order valence-corrected chi connectivity index (χ1v) is 5.96. The van der Waals surface area contributed by atoms with E-state index in [0.29, 0.717) is 5.92 Å². The number of rotatable bonds is 1. The van der Waals surface area contributed by atoms with Crippen LogP contribution < -0.4 is 10.7 Å². The van der Waals surface area contributed by atoms with E-state index in [2.05, 4.69) is 38.0 Å². The normalized spacial score (nSPS) is 23.3. The van der Waals surface area contributed by atoms with Crippen molar-refractivity contribution in [3.05, 3.63) is 34.9 Å². The Morgan fingerprint density at radius 1 is 1.31 bits per heavy atom. The molecule has 2 atom stereocenters. The molecule has 0 saturated heterocycles. The van der Waals surface area contributed by atoms with Crippen LogP contribution in [0.4, 0.5) is 0 Å². The molecule has 0 bridgehead atoms. The Bertz CT molecular complexity index is 544. The van der Waals surface area contributed by atoms with Crippen LogP contribution in [0.5, 0.6) is 0 Å². The van der Waals surface area contributed by atoms with Gasteiger partial charge >= 0.3 is 0 Å². The molecule has 0 aliphatic carbocycles. The van der Waals surface area contributed by atoms with Gasteiger partial charge in [0.1, 0.15) is 6.33 Å². The maximum atomic E-state index is 4.61. The monoisotopic (exact) mass is 233 g/mol. The molecule has 4 heteroatoms. The molecule has 0 N–H and O–H groups in total. The van der Waals surface area contributed by atoms with Crippen LogP contribution in [0.1, 0.15) is 32.4 Å². The zero-order valence-corrected chi connectivity index (χ0v) is 11.0. The van der Waals surface area contributed by atoms with Gasteiger partial charge in [0.15, 0.2) is 5.49 Å². The Morgan fingerprint density at radius 2 is 2.06 bits per heavy atom. The predicted molar refractivity (Wildman–Crippen MR) is 68.6 cm³/mol. The largest absolute Gasteiger partial charge is 0.251 e. The summed E-state index contributed by atoms with van der Waals surface area (Å²) >= 11 is 0. The minimum absolute atomic E-state index is 0.273. The summed E-state index contributed by atoms with van der Waals surface area (Å²) in [5, 5.41) is 0.768. The third-order valence-corrected chi connectivity index (χ3v) is 2.81. The van der Waals surface area contributed by atoms with Crippen molar-refractivity contribution in [2.75, 3.05) is 0 Å². The van der Waals surface area contributed by atoms with Crippen molar-refractivity contribution in [3.63, 3.8) is 0 Å². The van der Waals surface area contributed by atoms with E-state index in [1.807, 2.05) is 25.2 Å². The van der Waals surface area contributed by atoms with Gasteiger partial charge in [-0.2, -0.15) is 0 Å². The van der Waals surface area contributed by atoms with Crippen LogP contribution in [-0.2, 0) is 0 Å². The minimum Gasteiger partial charge on any atom is -0.251 e. The SMILES string of the molecule is CC(C)c1ncnc2c1=CC=CC(C)(P)N=2. The Morgan fingerprint density at radius 3 is 2.75 bits per heavy atom. The van der Waals surface area contributed by atoms with E-state index < -0.39 is 0 Å². The molecule has 3 nitrogen and oxygen atoms in total. The van der Waals surface area contributed by atoms with Crippen molar-refractivity contribution in [2.24, 2.45) is 4.99 Å². The molecule has 2 rings (SSSR count). The molecule has 0 radical (unpaired) electrons. The lowest BCUT2D eigenvalue weighted by molar-refractivity contribution is 0.762. The smallest absolute Gasteiger partial charge is 0.159 e. The zero-order valence-electron chi connectivity index (χ0n) is 9.81. The first-order valence-electron chi connectivity index (χ1n) is 5.39. The number of hydrogen-bond acceptors (Lipinski definition) is 3. The van der Waals surface area contributed by atoms with Crippen molar-refractivity contribution in [2.45, 2.75) is 32.0 Å². The van der Waals surface area contributed by atoms with Gasteiger partial charge in [0.2, 0.25) is 0 Å². The minimum atomic E-state index is -0.273. The molecule has 2 unspecified atom stereocenters. The van der Waals surface area contributed by atoms with E-state index in [0.717, 1.165) is 16.4 Å². The summed E-state index contributed by atoms with van der Waals surface area (Å²) in [6.07, 6.45) is 7.71. The van der Waals surface area contributed by atoms with Gasteiger partial charge < -0.3 is 0 Å². The van der Waals surface area contributed by atoms with Gasteiger partial charge in [-0.05, 0) is 18.9 Å². The quantitative estimate of drug-likeness (QED) is 0.683. The van der Waals surface area contributed by atoms with Crippen LogP contribution >= 0.6 is 9.24 Å². The molecule has 16 heavy (non-hydrogen) atoms. The lowest BCUT2D eigenvalue weighted by atomic mass is 10.1. The fourth-order valence-electron chi connectivity index (χ4n) is 1.71. The molecule has 0 fully saturated rings. The first kappa shape index (κ1) is 11.4. The topological polar surface area (TPSA) is 38.1 Å². The average molecular weight is 233 g/mol. The highest BCUT2D eigenvalue weighted by atomic mass is 31.0. The van der Waals surface area contributed by atoms with Crippen LogP contribution in [-0.4, -0.2) is 15.2 Å². The van der Waals surface area contributed by atoms with Crippen LogP contribution in [0, 0.1) is 0 Å². The molecule has 2 heterocycles. The third kappa shape index (κ3) is 2.19. The number of hydrogen-bond donors (Lipinski definition) is 0. The Balaban J connectivity index is 2.78. The molecule has 0 saturated carbocycles. The van der Waals surface area contributed by atoms with E-state index in [4.69, 9.17) is 0 Å². The maximum Gasteiger partial charge on any atom is 0.159 e.